The van der Waals surface area contributed by atoms with Gasteiger partial charge in [-0.05, 0) is 30.3 Å². The van der Waals surface area contributed by atoms with Crippen LogP contribution in [-0.2, 0) is 16.6 Å². The zero-order valence-corrected chi connectivity index (χ0v) is 12.7. The number of nitrogens with zero attached hydrogens (tertiary/aromatic N) is 2. The second kappa shape index (κ2) is 5.91. The monoisotopic (exact) mass is 338 g/mol. The van der Waals surface area contributed by atoms with Crippen LogP contribution in [0.15, 0.2) is 52.0 Å². The fraction of sp³-hybridized carbons (Fsp3) is 0.0769. The molecule has 2 N–H and O–H groups in total. The average molecular weight is 339 g/mol. The SMILES string of the molecule is O=S(=O)(NCc1nc(-c2ccco2)n[nH]1)c1cccc(Cl)c1. The molecule has 2 aromatic heterocycles. The maximum Gasteiger partial charge on any atom is 0.241 e. The second-order valence-corrected chi connectivity index (χ2v) is 6.57. The van der Waals surface area contributed by atoms with E-state index in [0.29, 0.717) is 22.4 Å². The molecular formula is C13H11ClN4O3S. The van der Waals surface area contributed by atoms with Crippen molar-refractivity contribution < 1.29 is 12.8 Å². The van der Waals surface area contributed by atoms with Crippen LogP contribution in [-0.4, -0.2) is 23.6 Å². The Kier molecular flexibility index (Phi) is 3.97. The maximum atomic E-state index is 12.1. The lowest BCUT2D eigenvalue weighted by molar-refractivity contribution is 0.577. The Morgan fingerprint density at radius 3 is 2.86 bits per heavy atom. The molecule has 3 rings (SSSR count). The molecule has 7 nitrogen and oxygen atoms in total. The number of halogens is 1. The van der Waals surface area contributed by atoms with Crippen molar-refractivity contribution in [3.63, 3.8) is 0 Å². The number of furan rings is 1. The van der Waals surface area contributed by atoms with Crippen LogP contribution in [0.2, 0.25) is 5.02 Å². The molecule has 0 aliphatic carbocycles. The van der Waals surface area contributed by atoms with Crippen molar-refractivity contribution in [2.45, 2.75) is 11.4 Å². The van der Waals surface area contributed by atoms with E-state index in [1.54, 1.807) is 24.3 Å². The normalized spacial score (nSPS) is 11.7. The number of benzene rings is 1. The van der Waals surface area contributed by atoms with Crippen molar-refractivity contribution in [2.24, 2.45) is 0 Å². The van der Waals surface area contributed by atoms with Gasteiger partial charge in [0.05, 0.1) is 17.7 Å². The first-order valence-corrected chi connectivity index (χ1v) is 8.11. The molecule has 2 heterocycles. The van der Waals surface area contributed by atoms with Crippen LogP contribution in [0.25, 0.3) is 11.6 Å². The minimum Gasteiger partial charge on any atom is -0.461 e. The molecule has 0 fully saturated rings. The summed E-state index contributed by atoms with van der Waals surface area (Å²) in [6, 6.07) is 9.44. The number of rotatable bonds is 5. The fourth-order valence-electron chi connectivity index (χ4n) is 1.77. The van der Waals surface area contributed by atoms with E-state index in [2.05, 4.69) is 19.9 Å². The highest BCUT2D eigenvalue weighted by molar-refractivity contribution is 7.89. The van der Waals surface area contributed by atoms with Crippen LogP contribution < -0.4 is 4.72 Å². The van der Waals surface area contributed by atoms with E-state index < -0.39 is 10.0 Å². The van der Waals surface area contributed by atoms with Gasteiger partial charge in [-0.1, -0.05) is 17.7 Å². The average Bonchev–Trinajstić information content (AvgIpc) is 3.16. The van der Waals surface area contributed by atoms with Crippen LogP contribution in [0.5, 0.6) is 0 Å². The number of H-pyrrole nitrogens is 1. The summed E-state index contributed by atoms with van der Waals surface area (Å²) in [5.74, 6) is 1.24. The van der Waals surface area contributed by atoms with Gasteiger partial charge in [-0.2, -0.15) is 0 Å². The quantitative estimate of drug-likeness (QED) is 0.742. The Labute approximate surface area is 131 Å². The van der Waals surface area contributed by atoms with Crippen LogP contribution in [0, 0.1) is 0 Å². The first-order valence-electron chi connectivity index (χ1n) is 6.25. The van der Waals surface area contributed by atoms with Gasteiger partial charge in [0.2, 0.25) is 15.8 Å². The van der Waals surface area contributed by atoms with Crippen molar-refractivity contribution in [1.29, 1.82) is 0 Å². The molecule has 0 bridgehead atoms. The van der Waals surface area contributed by atoms with Gasteiger partial charge in [0.15, 0.2) is 5.76 Å². The van der Waals surface area contributed by atoms with Crippen LogP contribution in [0.4, 0.5) is 0 Å². The largest absolute Gasteiger partial charge is 0.461 e. The lowest BCUT2D eigenvalue weighted by atomic mass is 10.4. The zero-order valence-electron chi connectivity index (χ0n) is 11.2. The highest BCUT2D eigenvalue weighted by Gasteiger charge is 2.15. The van der Waals surface area contributed by atoms with Crippen LogP contribution >= 0.6 is 11.6 Å². The molecule has 22 heavy (non-hydrogen) atoms. The molecule has 0 atom stereocenters. The summed E-state index contributed by atoms with van der Waals surface area (Å²) in [5.41, 5.74) is 0. The Bertz CT molecular complexity index is 874. The standard InChI is InChI=1S/C13H11ClN4O3S/c14-9-3-1-4-10(7-9)22(19,20)15-8-12-16-13(18-17-12)11-5-2-6-21-11/h1-7,15H,8H2,(H,16,17,18). The molecule has 0 saturated heterocycles. The molecule has 9 heteroatoms. The number of hydrogen-bond donors (Lipinski definition) is 2. The van der Waals surface area contributed by atoms with Crippen LogP contribution in [0.1, 0.15) is 5.82 Å². The van der Waals surface area contributed by atoms with E-state index in [1.165, 1.54) is 18.4 Å². The molecule has 0 amide bonds. The number of aromatic nitrogens is 3. The Hall–Kier alpha value is -2.16. The third-order valence-corrected chi connectivity index (χ3v) is 4.44. The van der Waals surface area contributed by atoms with E-state index in [-0.39, 0.29) is 11.4 Å². The molecule has 0 spiro atoms. The lowest BCUT2D eigenvalue weighted by Crippen LogP contribution is -2.23. The minimum absolute atomic E-state index is 0.0252. The van der Waals surface area contributed by atoms with Gasteiger partial charge in [0, 0.05) is 5.02 Å². The van der Waals surface area contributed by atoms with Gasteiger partial charge >= 0.3 is 0 Å². The first-order chi connectivity index (χ1) is 10.5. The summed E-state index contributed by atoms with van der Waals surface area (Å²) < 4.78 is 31.9. The van der Waals surface area contributed by atoms with E-state index in [4.69, 9.17) is 16.0 Å². The third-order valence-electron chi connectivity index (χ3n) is 2.81. The Balaban J connectivity index is 1.72. The second-order valence-electron chi connectivity index (χ2n) is 4.36. The predicted molar refractivity (Wildman–Crippen MR) is 79.6 cm³/mol. The summed E-state index contributed by atoms with van der Waals surface area (Å²) in [6.45, 7) is -0.0252. The van der Waals surface area contributed by atoms with E-state index in [9.17, 15) is 8.42 Å². The van der Waals surface area contributed by atoms with Gasteiger partial charge in [0.25, 0.3) is 0 Å². The smallest absolute Gasteiger partial charge is 0.241 e. The topological polar surface area (TPSA) is 101 Å². The highest BCUT2D eigenvalue weighted by Crippen LogP contribution is 2.16. The van der Waals surface area contributed by atoms with E-state index in [0.717, 1.165) is 0 Å². The van der Waals surface area contributed by atoms with Gasteiger partial charge < -0.3 is 4.42 Å². The molecule has 0 radical (unpaired) electrons. The molecule has 0 saturated carbocycles. The predicted octanol–water partition coefficient (Wildman–Crippen LogP) is 2.20. The van der Waals surface area contributed by atoms with Gasteiger partial charge in [0.1, 0.15) is 5.82 Å². The summed E-state index contributed by atoms with van der Waals surface area (Å²) in [4.78, 5) is 4.24. The Morgan fingerprint density at radius 2 is 2.14 bits per heavy atom. The minimum atomic E-state index is -3.67. The number of nitrogens with one attached hydrogen (secondary N) is 2. The first kappa shape index (κ1) is 14.8. The molecule has 3 aromatic rings. The summed E-state index contributed by atoms with van der Waals surface area (Å²) in [5, 5.41) is 6.97. The summed E-state index contributed by atoms with van der Waals surface area (Å²) in [6.07, 6.45) is 1.51. The lowest BCUT2D eigenvalue weighted by Gasteiger charge is -2.05. The van der Waals surface area contributed by atoms with Gasteiger partial charge in [-0.15, -0.1) is 5.10 Å². The van der Waals surface area contributed by atoms with Crippen molar-refractivity contribution >= 4 is 21.6 Å². The molecule has 114 valence electrons. The summed E-state index contributed by atoms with van der Waals surface area (Å²) in [7, 11) is -3.67. The van der Waals surface area contributed by atoms with Crippen molar-refractivity contribution in [3.05, 3.63) is 53.5 Å². The van der Waals surface area contributed by atoms with Crippen molar-refractivity contribution in [2.75, 3.05) is 0 Å². The molecular weight excluding hydrogens is 328 g/mol. The highest BCUT2D eigenvalue weighted by atomic mass is 35.5. The number of hydrogen-bond acceptors (Lipinski definition) is 5. The number of sulfonamides is 1. The Morgan fingerprint density at radius 1 is 1.27 bits per heavy atom. The molecule has 0 unspecified atom stereocenters. The van der Waals surface area contributed by atoms with Gasteiger partial charge in [-0.25, -0.2) is 18.1 Å². The van der Waals surface area contributed by atoms with Crippen LogP contribution in [0.3, 0.4) is 0 Å². The molecule has 0 aliphatic rings. The van der Waals surface area contributed by atoms with E-state index >= 15 is 0 Å². The molecule has 0 aliphatic heterocycles. The fourth-order valence-corrected chi connectivity index (χ4v) is 3.06. The van der Waals surface area contributed by atoms with Gasteiger partial charge in [-0.3, -0.25) is 5.10 Å². The maximum absolute atomic E-state index is 12.1. The number of aromatic amines is 1. The van der Waals surface area contributed by atoms with Crippen molar-refractivity contribution in [3.8, 4) is 11.6 Å². The third kappa shape index (κ3) is 3.19. The zero-order chi connectivity index (χ0) is 15.6. The van der Waals surface area contributed by atoms with Crippen molar-refractivity contribution in [1.82, 2.24) is 19.9 Å². The summed E-state index contributed by atoms with van der Waals surface area (Å²) >= 11 is 5.80. The molecule has 1 aromatic carbocycles. The van der Waals surface area contributed by atoms with E-state index in [1.807, 2.05) is 0 Å².